The van der Waals surface area contributed by atoms with Crippen LogP contribution in [0.3, 0.4) is 0 Å². The zero-order valence-corrected chi connectivity index (χ0v) is 19.8. The molecule has 0 unspecified atom stereocenters. The number of aldehydes is 1. The Bertz CT molecular complexity index is 1340. The fourth-order valence-electron chi connectivity index (χ4n) is 3.64. The maximum atomic E-state index is 11.5. The lowest BCUT2D eigenvalue weighted by molar-refractivity contribution is -0.105. The molecule has 3 N–H and O–H groups in total. The van der Waals surface area contributed by atoms with Crippen molar-refractivity contribution in [1.82, 2.24) is 15.0 Å². The molecule has 172 valence electrons. The van der Waals surface area contributed by atoms with Gasteiger partial charge in [-0.2, -0.15) is 0 Å². The van der Waals surface area contributed by atoms with Crippen LogP contribution < -0.4 is 15.8 Å². The largest absolute Gasteiger partial charge is 0.497 e. The lowest BCUT2D eigenvalue weighted by Gasteiger charge is -2.13. The van der Waals surface area contributed by atoms with E-state index in [1.165, 1.54) is 7.05 Å². The van der Waals surface area contributed by atoms with Crippen LogP contribution in [-0.4, -0.2) is 41.1 Å². The van der Waals surface area contributed by atoms with Crippen LogP contribution >= 0.6 is 11.8 Å². The molecule has 0 aliphatic carbocycles. The van der Waals surface area contributed by atoms with E-state index in [-0.39, 0.29) is 0 Å². The van der Waals surface area contributed by atoms with Crippen LogP contribution in [0.4, 0.5) is 5.82 Å². The van der Waals surface area contributed by atoms with Gasteiger partial charge in [-0.15, -0.1) is 11.8 Å². The first kappa shape index (κ1) is 23.4. The number of carbonyl (C=O) groups excluding carboxylic acids is 1. The number of methoxy groups -OCH3 is 1. The Hall–Kier alpha value is -3.75. The highest BCUT2D eigenvalue weighted by Crippen LogP contribution is 2.35. The monoisotopic (exact) mass is 471 g/mol. The van der Waals surface area contributed by atoms with E-state index in [1.807, 2.05) is 48.5 Å². The summed E-state index contributed by atoms with van der Waals surface area (Å²) in [5.74, 6) is 2.93. The van der Waals surface area contributed by atoms with Crippen molar-refractivity contribution in [3.05, 3.63) is 77.6 Å². The smallest absolute Gasteiger partial charge is 0.163 e. The highest BCUT2D eigenvalue weighted by Gasteiger charge is 2.18. The number of benzene rings is 2. The quantitative estimate of drug-likeness (QED) is 0.383. The fourth-order valence-corrected chi connectivity index (χ4v) is 4.67. The van der Waals surface area contributed by atoms with Gasteiger partial charge in [-0.05, 0) is 61.0 Å². The molecule has 1 aliphatic heterocycles. The molecule has 34 heavy (non-hydrogen) atoms. The third-order valence-corrected chi connectivity index (χ3v) is 6.36. The van der Waals surface area contributed by atoms with Gasteiger partial charge in [0.2, 0.25) is 0 Å². The first-order chi connectivity index (χ1) is 16.7. The summed E-state index contributed by atoms with van der Waals surface area (Å²) in [6.07, 6.45) is 5.15. The number of hydrogen-bond acceptors (Lipinski definition) is 8. The lowest BCUT2D eigenvalue weighted by atomic mass is 10.0. The first-order valence-corrected chi connectivity index (χ1v) is 11.8. The van der Waals surface area contributed by atoms with Gasteiger partial charge in [0.25, 0.3) is 0 Å². The molecule has 0 saturated carbocycles. The minimum atomic E-state index is 0.582. The molecular formula is C26H25N5O2S. The Morgan fingerprint density at radius 3 is 2.62 bits per heavy atom. The molecule has 0 spiro atoms. The van der Waals surface area contributed by atoms with Gasteiger partial charge in [-0.1, -0.05) is 18.2 Å². The summed E-state index contributed by atoms with van der Waals surface area (Å²) in [6, 6.07) is 17.8. The Kier molecular flexibility index (Phi) is 7.51. The minimum absolute atomic E-state index is 0.582. The van der Waals surface area contributed by atoms with Crippen LogP contribution in [0.25, 0.3) is 33.4 Å². The number of aromatic nitrogens is 3. The Morgan fingerprint density at radius 2 is 1.85 bits per heavy atom. The Morgan fingerprint density at radius 1 is 1.03 bits per heavy atom. The Balaban J connectivity index is 0.00000133. The maximum Gasteiger partial charge on any atom is 0.163 e. The van der Waals surface area contributed by atoms with E-state index in [2.05, 4.69) is 22.1 Å². The number of nitrogens with zero attached hydrogens (tertiary/aromatic N) is 3. The molecule has 0 atom stereocenters. The average molecular weight is 472 g/mol. The van der Waals surface area contributed by atoms with Crippen molar-refractivity contribution in [3.8, 4) is 28.3 Å². The lowest BCUT2D eigenvalue weighted by Crippen LogP contribution is -2.03. The molecule has 5 rings (SSSR count). The minimum Gasteiger partial charge on any atom is -0.497 e. The average Bonchev–Trinajstić information content (AvgIpc) is 3.37. The predicted octanol–water partition coefficient (Wildman–Crippen LogP) is 4.90. The number of thioether (sulfide) groups is 1. The molecule has 4 aromatic rings. The van der Waals surface area contributed by atoms with Gasteiger partial charge in [-0.25, -0.2) is 9.97 Å². The molecule has 2 aromatic heterocycles. The zero-order valence-electron chi connectivity index (χ0n) is 19.0. The van der Waals surface area contributed by atoms with E-state index in [9.17, 15) is 4.79 Å². The highest BCUT2D eigenvalue weighted by molar-refractivity contribution is 8.03. The van der Waals surface area contributed by atoms with Crippen LogP contribution in [0.15, 0.2) is 77.6 Å². The molecule has 0 radical (unpaired) electrons. The highest BCUT2D eigenvalue weighted by atomic mass is 32.2. The van der Waals surface area contributed by atoms with Crippen LogP contribution in [-0.2, 0) is 4.79 Å². The molecule has 1 aliphatic rings. The second-order valence-electron chi connectivity index (χ2n) is 7.30. The van der Waals surface area contributed by atoms with E-state index in [4.69, 9.17) is 14.7 Å². The number of rotatable bonds is 6. The fraction of sp³-hybridized carbons (Fsp3) is 0.154. The molecule has 0 saturated heterocycles. The standard InChI is InChI=1S/C25H20N4O2S.CH5N/c1-31-20-6-2-4-16(12-20)17-7-8-22-21(13-17)24(29-25-19(15-30)9-11-32-25)28-23(27-22)18-5-3-10-26-14-18;1-2/h2-8,10,12-15H,9,11H2,1H3,(H,27,28,29);2H2,1H3. The van der Waals surface area contributed by atoms with E-state index in [0.717, 1.165) is 62.4 Å². The summed E-state index contributed by atoms with van der Waals surface area (Å²) >= 11 is 1.63. The molecule has 2 aromatic carbocycles. The Labute approximate surface area is 202 Å². The number of pyridine rings is 1. The molecular weight excluding hydrogens is 446 g/mol. The van der Waals surface area contributed by atoms with Gasteiger partial charge < -0.3 is 15.8 Å². The third kappa shape index (κ3) is 4.93. The second kappa shape index (κ2) is 10.9. The topological polar surface area (TPSA) is 103 Å². The molecule has 3 heterocycles. The van der Waals surface area contributed by atoms with Gasteiger partial charge in [0, 0.05) is 34.7 Å². The molecule has 7 nitrogen and oxygen atoms in total. The van der Waals surface area contributed by atoms with Crippen molar-refractivity contribution in [3.63, 3.8) is 0 Å². The number of nitrogens with one attached hydrogen (secondary N) is 1. The van der Waals surface area contributed by atoms with Crippen LogP contribution in [0, 0.1) is 0 Å². The van der Waals surface area contributed by atoms with Gasteiger partial charge in [0.1, 0.15) is 17.9 Å². The van der Waals surface area contributed by atoms with E-state index in [0.29, 0.717) is 11.6 Å². The van der Waals surface area contributed by atoms with Gasteiger partial charge >= 0.3 is 0 Å². The summed E-state index contributed by atoms with van der Waals surface area (Å²) in [5, 5.41) is 5.14. The summed E-state index contributed by atoms with van der Waals surface area (Å²) in [5.41, 5.74) is 8.98. The summed E-state index contributed by atoms with van der Waals surface area (Å²) in [7, 11) is 3.16. The van der Waals surface area contributed by atoms with Crippen molar-refractivity contribution in [2.45, 2.75) is 6.42 Å². The van der Waals surface area contributed by atoms with Crippen molar-refractivity contribution in [2.24, 2.45) is 5.73 Å². The van der Waals surface area contributed by atoms with Crippen molar-refractivity contribution < 1.29 is 9.53 Å². The zero-order chi connectivity index (χ0) is 23.9. The van der Waals surface area contributed by atoms with Gasteiger partial charge in [-0.3, -0.25) is 9.78 Å². The predicted molar refractivity (Wildman–Crippen MR) is 139 cm³/mol. The van der Waals surface area contributed by atoms with E-state index < -0.39 is 0 Å². The normalized spacial score (nSPS) is 12.8. The number of carbonyl (C=O) groups is 1. The number of allylic oxidation sites excluding steroid dienone is 1. The number of nitrogens with two attached hydrogens (primary N) is 1. The van der Waals surface area contributed by atoms with Crippen LogP contribution in [0.5, 0.6) is 5.75 Å². The second-order valence-corrected chi connectivity index (χ2v) is 8.40. The molecule has 0 amide bonds. The van der Waals surface area contributed by atoms with Gasteiger partial charge in [0.05, 0.1) is 17.7 Å². The van der Waals surface area contributed by atoms with Gasteiger partial charge in [0.15, 0.2) is 5.82 Å². The van der Waals surface area contributed by atoms with Crippen LogP contribution in [0.2, 0.25) is 0 Å². The number of ether oxygens (including phenoxy) is 1. The summed E-state index contributed by atoms with van der Waals surface area (Å²) < 4.78 is 5.38. The molecule has 8 heteroatoms. The number of fused-ring (bicyclic) bond motifs is 1. The summed E-state index contributed by atoms with van der Waals surface area (Å²) in [4.78, 5) is 25.3. The molecule has 0 bridgehead atoms. The molecule has 0 fully saturated rings. The van der Waals surface area contributed by atoms with E-state index in [1.54, 1.807) is 31.3 Å². The van der Waals surface area contributed by atoms with Crippen molar-refractivity contribution in [1.29, 1.82) is 0 Å². The first-order valence-electron chi connectivity index (χ1n) is 10.8. The number of hydrogen-bond donors (Lipinski definition) is 2. The van der Waals surface area contributed by atoms with Crippen LogP contribution in [0.1, 0.15) is 6.42 Å². The third-order valence-electron chi connectivity index (χ3n) is 5.30. The van der Waals surface area contributed by atoms with Crippen molar-refractivity contribution in [2.75, 3.05) is 25.2 Å². The summed E-state index contributed by atoms with van der Waals surface area (Å²) in [6.45, 7) is 0. The number of anilines is 1. The maximum absolute atomic E-state index is 11.5. The SMILES string of the molecule is CN.COc1cccc(-c2ccc3nc(-c4cccnc4)nc(NC4=C(C=O)CCS4)c3c2)c1. The van der Waals surface area contributed by atoms with E-state index >= 15 is 0 Å². The van der Waals surface area contributed by atoms with Crippen molar-refractivity contribution >= 4 is 34.8 Å².